The third kappa shape index (κ3) is 4.20. The highest BCUT2D eigenvalue weighted by atomic mass is 16.5. The molecule has 2 rings (SSSR count). The summed E-state index contributed by atoms with van der Waals surface area (Å²) in [5.74, 6) is 0.778. The molecule has 0 spiro atoms. The highest BCUT2D eigenvalue weighted by molar-refractivity contribution is 5.78. The number of carbonyl (C=O) groups excluding carboxylic acids is 1. The Kier molecular flexibility index (Phi) is 4.95. The van der Waals surface area contributed by atoms with Crippen LogP contribution in [0.4, 0.5) is 0 Å². The summed E-state index contributed by atoms with van der Waals surface area (Å²) >= 11 is 0. The summed E-state index contributed by atoms with van der Waals surface area (Å²) in [6.45, 7) is 4.88. The van der Waals surface area contributed by atoms with Gasteiger partial charge in [0.2, 0.25) is 11.8 Å². The number of nitrogens with one attached hydrogen (secondary N) is 1. The standard InChI is InChI=1S/C15H23N3O2/c1-11(2)20-15-12(5-4-8-17-15)9-16-10-14(19)18(3)13-6-7-13/h4-5,8,11,13,16H,6-7,9-10H2,1-3H3. The molecular weight excluding hydrogens is 254 g/mol. The molecule has 0 saturated heterocycles. The van der Waals surface area contributed by atoms with Gasteiger partial charge >= 0.3 is 0 Å². The average molecular weight is 277 g/mol. The Labute approximate surface area is 120 Å². The molecule has 1 heterocycles. The van der Waals surface area contributed by atoms with Crippen LogP contribution in [0.25, 0.3) is 0 Å². The molecule has 1 saturated carbocycles. The van der Waals surface area contributed by atoms with Crippen molar-refractivity contribution in [1.29, 1.82) is 0 Å². The lowest BCUT2D eigenvalue weighted by Gasteiger charge is -2.17. The van der Waals surface area contributed by atoms with E-state index in [1.54, 1.807) is 6.20 Å². The van der Waals surface area contributed by atoms with Crippen LogP contribution in [0.2, 0.25) is 0 Å². The molecule has 1 fully saturated rings. The maximum absolute atomic E-state index is 11.9. The van der Waals surface area contributed by atoms with Crippen molar-refractivity contribution in [3.63, 3.8) is 0 Å². The lowest BCUT2D eigenvalue weighted by atomic mass is 10.2. The molecule has 1 aromatic rings. The molecule has 1 aliphatic rings. The predicted molar refractivity (Wildman–Crippen MR) is 77.5 cm³/mol. The molecule has 110 valence electrons. The van der Waals surface area contributed by atoms with Gasteiger partial charge in [-0.05, 0) is 32.8 Å². The van der Waals surface area contributed by atoms with E-state index in [1.165, 1.54) is 0 Å². The summed E-state index contributed by atoms with van der Waals surface area (Å²) in [7, 11) is 1.87. The quantitative estimate of drug-likeness (QED) is 0.822. The molecule has 1 aliphatic carbocycles. The van der Waals surface area contributed by atoms with Crippen LogP contribution in [0.5, 0.6) is 5.88 Å². The summed E-state index contributed by atoms with van der Waals surface area (Å²) in [6, 6.07) is 4.30. The van der Waals surface area contributed by atoms with Gasteiger partial charge in [-0.2, -0.15) is 0 Å². The monoisotopic (exact) mass is 277 g/mol. The van der Waals surface area contributed by atoms with Crippen LogP contribution in [-0.2, 0) is 11.3 Å². The van der Waals surface area contributed by atoms with Gasteiger partial charge in [0.25, 0.3) is 0 Å². The summed E-state index contributed by atoms with van der Waals surface area (Å²) in [5.41, 5.74) is 0.975. The fraction of sp³-hybridized carbons (Fsp3) is 0.600. The summed E-state index contributed by atoms with van der Waals surface area (Å²) in [5, 5.41) is 3.17. The highest BCUT2D eigenvalue weighted by Gasteiger charge is 2.29. The summed E-state index contributed by atoms with van der Waals surface area (Å²) < 4.78 is 5.65. The molecule has 0 aromatic carbocycles. The molecule has 5 nitrogen and oxygen atoms in total. The van der Waals surface area contributed by atoms with Crippen LogP contribution in [0.3, 0.4) is 0 Å². The van der Waals surface area contributed by atoms with E-state index in [2.05, 4.69) is 10.3 Å². The van der Waals surface area contributed by atoms with Crippen molar-refractivity contribution in [1.82, 2.24) is 15.2 Å². The Bertz CT molecular complexity index is 458. The Morgan fingerprint density at radius 1 is 1.55 bits per heavy atom. The second kappa shape index (κ2) is 6.70. The normalized spacial score (nSPS) is 14.4. The van der Waals surface area contributed by atoms with Crippen molar-refractivity contribution in [3.05, 3.63) is 23.9 Å². The fourth-order valence-electron chi connectivity index (χ4n) is 1.98. The van der Waals surface area contributed by atoms with Gasteiger partial charge in [-0.15, -0.1) is 0 Å². The number of nitrogens with zero attached hydrogens (tertiary/aromatic N) is 2. The van der Waals surface area contributed by atoms with Crippen LogP contribution in [0.15, 0.2) is 18.3 Å². The van der Waals surface area contributed by atoms with Crippen LogP contribution in [-0.4, -0.2) is 41.5 Å². The Balaban J connectivity index is 1.82. The molecule has 0 aliphatic heterocycles. The van der Waals surface area contributed by atoms with Gasteiger partial charge in [-0.25, -0.2) is 4.98 Å². The molecule has 0 unspecified atom stereocenters. The predicted octanol–water partition coefficient (Wildman–Crippen LogP) is 1.58. The van der Waals surface area contributed by atoms with Gasteiger partial charge in [-0.1, -0.05) is 6.07 Å². The SMILES string of the molecule is CC(C)Oc1ncccc1CNCC(=O)N(C)C1CC1. The van der Waals surface area contributed by atoms with E-state index < -0.39 is 0 Å². The first kappa shape index (κ1) is 14.8. The van der Waals surface area contributed by atoms with Gasteiger partial charge in [0.05, 0.1) is 12.6 Å². The number of hydrogen-bond acceptors (Lipinski definition) is 4. The van der Waals surface area contributed by atoms with Crippen LogP contribution in [0, 0.1) is 0 Å². The van der Waals surface area contributed by atoms with Crippen LogP contribution >= 0.6 is 0 Å². The fourth-order valence-corrected chi connectivity index (χ4v) is 1.98. The molecule has 0 bridgehead atoms. The molecular formula is C15H23N3O2. The lowest BCUT2D eigenvalue weighted by molar-refractivity contribution is -0.129. The molecule has 1 amide bonds. The smallest absolute Gasteiger partial charge is 0.236 e. The minimum Gasteiger partial charge on any atom is -0.475 e. The van der Waals surface area contributed by atoms with Gasteiger partial charge in [0.15, 0.2) is 0 Å². The third-order valence-electron chi connectivity index (χ3n) is 3.28. The van der Waals surface area contributed by atoms with Gasteiger partial charge in [0.1, 0.15) is 0 Å². The van der Waals surface area contributed by atoms with E-state index in [1.807, 2.05) is 37.9 Å². The van der Waals surface area contributed by atoms with Gasteiger partial charge < -0.3 is 15.0 Å². The Hall–Kier alpha value is -1.62. The van der Waals surface area contributed by atoms with Crippen molar-refractivity contribution >= 4 is 5.91 Å². The first-order chi connectivity index (χ1) is 9.58. The number of aromatic nitrogens is 1. The number of pyridine rings is 1. The van der Waals surface area contributed by atoms with E-state index in [4.69, 9.17) is 4.74 Å². The third-order valence-corrected chi connectivity index (χ3v) is 3.28. The number of amides is 1. The number of likely N-dealkylation sites (N-methyl/N-ethyl adjacent to an activating group) is 1. The van der Waals surface area contributed by atoms with Crippen molar-refractivity contribution in [2.45, 2.75) is 45.4 Å². The first-order valence-corrected chi connectivity index (χ1v) is 7.15. The zero-order valence-corrected chi connectivity index (χ0v) is 12.4. The largest absolute Gasteiger partial charge is 0.475 e. The van der Waals surface area contributed by atoms with Crippen molar-refractivity contribution in [2.75, 3.05) is 13.6 Å². The topological polar surface area (TPSA) is 54.5 Å². The molecule has 5 heteroatoms. The van der Waals surface area contributed by atoms with Crippen molar-refractivity contribution < 1.29 is 9.53 Å². The lowest BCUT2D eigenvalue weighted by Crippen LogP contribution is -2.36. The average Bonchev–Trinajstić information content (AvgIpc) is 3.23. The minimum atomic E-state index is 0.0891. The molecule has 1 aromatic heterocycles. The Morgan fingerprint density at radius 3 is 2.95 bits per heavy atom. The zero-order valence-electron chi connectivity index (χ0n) is 12.4. The zero-order chi connectivity index (χ0) is 14.5. The minimum absolute atomic E-state index is 0.0891. The van der Waals surface area contributed by atoms with Gasteiger partial charge in [-0.3, -0.25) is 4.79 Å². The van der Waals surface area contributed by atoms with E-state index in [0.29, 0.717) is 25.0 Å². The second-order valence-electron chi connectivity index (χ2n) is 5.47. The van der Waals surface area contributed by atoms with Crippen molar-refractivity contribution in [2.24, 2.45) is 0 Å². The van der Waals surface area contributed by atoms with E-state index >= 15 is 0 Å². The number of ether oxygens (including phenoxy) is 1. The van der Waals surface area contributed by atoms with E-state index in [-0.39, 0.29) is 12.0 Å². The van der Waals surface area contributed by atoms with E-state index in [9.17, 15) is 4.79 Å². The summed E-state index contributed by atoms with van der Waals surface area (Å²) in [4.78, 5) is 18.0. The van der Waals surface area contributed by atoms with Crippen molar-refractivity contribution in [3.8, 4) is 5.88 Å². The first-order valence-electron chi connectivity index (χ1n) is 7.15. The molecule has 1 N–H and O–H groups in total. The number of hydrogen-bond donors (Lipinski definition) is 1. The maximum Gasteiger partial charge on any atom is 0.236 e. The number of carbonyl (C=O) groups is 1. The van der Waals surface area contributed by atoms with Crippen LogP contribution in [0.1, 0.15) is 32.3 Å². The van der Waals surface area contributed by atoms with Crippen LogP contribution < -0.4 is 10.1 Å². The maximum atomic E-state index is 11.9. The van der Waals surface area contributed by atoms with E-state index in [0.717, 1.165) is 18.4 Å². The second-order valence-corrected chi connectivity index (χ2v) is 5.47. The van der Waals surface area contributed by atoms with Gasteiger partial charge in [0, 0.05) is 31.4 Å². The number of rotatable bonds is 7. The molecule has 0 radical (unpaired) electrons. The summed E-state index contributed by atoms with van der Waals surface area (Å²) in [6.07, 6.45) is 4.08. The molecule has 20 heavy (non-hydrogen) atoms. The molecule has 0 atom stereocenters. The Morgan fingerprint density at radius 2 is 2.30 bits per heavy atom. The highest BCUT2D eigenvalue weighted by Crippen LogP contribution is 2.25.